The lowest BCUT2D eigenvalue weighted by molar-refractivity contribution is 0.656. The van der Waals surface area contributed by atoms with Gasteiger partial charge in [-0.1, -0.05) is 140 Å². The molecule has 4 nitrogen and oxygen atoms in total. The van der Waals surface area contributed by atoms with Crippen molar-refractivity contribution in [2.75, 3.05) is 0 Å². The molecule has 4 heterocycles. The molecule has 1 aliphatic carbocycles. The van der Waals surface area contributed by atoms with Crippen LogP contribution < -0.4 is 0 Å². The summed E-state index contributed by atoms with van der Waals surface area (Å²) in [6.45, 7) is 0. The van der Waals surface area contributed by atoms with Gasteiger partial charge in [-0.2, -0.15) is 0 Å². The Morgan fingerprint density at radius 2 is 0.688 bits per heavy atom. The standard InChI is InChI=1S/C60H40N4/c1-4-18-39(19-5-1)40-36-43(63-51-30-16-12-26-47(51)59-55(63)34-32-53-57(59)45-24-10-14-28-49(45)61(53)41-20-6-2-7-21-41)38-44(37-40)64-52-31-17-13-27-48(52)60-56(64)35-33-54-58(60)46-25-11-15-29-50(46)62(54)42-22-8-3-9-23-42/h1-36,38,44H,37H2. The van der Waals surface area contributed by atoms with Crippen molar-refractivity contribution in [1.29, 1.82) is 0 Å². The fourth-order valence-electron chi connectivity index (χ4n) is 11.3. The summed E-state index contributed by atoms with van der Waals surface area (Å²) in [5.41, 5.74) is 15.9. The van der Waals surface area contributed by atoms with Crippen LogP contribution in [0.3, 0.4) is 0 Å². The number of rotatable bonds is 5. The van der Waals surface area contributed by atoms with E-state index in [9.17, 15) is 0 Å². The molecule has 0 aliphatic heterocycles. The minimum atomic E-state index is 0.0254. The fraction of sp³-hybridized carbons (Fsp3) is 0.0333. The first-order valence-electron chi connectivity index (χ1n) is 22.3. The van der Waals surface area contributed by atoms with Gasteiger partial charge in [-0.3, -0.25) is 0 Å². The number of hydrogen-bond acceptors (Lipinski definition) is 0. The summed E-state index contributed by atoms with van der Waals surface area (Å²) in [4.78, 5) is 0. The lowest BCUT2D eigenvalue weighted by Gasteiger charge is -2.26. The third-order valence-electron chi connectivity index (χ3n) is 13.9. The Bertz CT molecular complexity index is 4080. The first-order chi connectivity index (χ1) is 31.8. The molecule has 0 amide bonds. The molecule has 1 atom stereocenters. The SMILES string of the molecule is C1=C(c2ccccc2)CC(n2c3ccccc3c3c4c5ccccc5n(-c5ccccc5)c4ccc32)C=C1n1c2ccccc2c2c3c4ccccc4n(-c4ccccc4)c3ccc21. The minimum Gasteiger partial charge on any atom is -0.333 e. The van der Waals surface area contributed by atoms with E-state index in [1.165, 1.54) is 110 Å². The Morgan fingerprint density at radius 3 is 1.20 bits per heavy atom. The smallest absolute Gasteiger partial charge is 0.0586 e. The number of hydrogen-bond donors (Lipinski definition) is 0. The molecule has 300 valence electrons. The normalized spacial score (nSPS) is 14.5. The van der Waals surface area contributed by atoms with E-state index < -0.39 is 0 Å². The van der Waals surface area contributed by atoms with Gasteiger partial charge in [-0.25, -0.2) is 0 Å². The van der Waals surface area contributed by atoms with Gasteiger partial charge in [0.15, 0.2) is 0 Å². The predicted molar refractivity (Wildman–Crippen MR) is 270 cm³/mol. The lowest BCUT2D eigenvalue weighted by atomic mass is 9.92. The van der Waals surface area contributed by atoms with E-state index in [1.54, 1.807) is 0 Å². The van der Waals surface area contributed by atoms with Crippen LogP contribution in [-0.4, -0.2) is 18.3 Å². The number of nitrogens with zero attached hydrogens (tertiary/aromatic N) is 4. The van der Waals surface area contributed by atoms with E-state index in [0.717, 1.165) is 12.1 Å². The quantitative estimate of drug-likeness (QED) is 0.165. The van der Waals surface area contributed by atoms with Gasteiger partial charge in [0, 0.05) is 65.7 Å². The highest BCUT2D eigenvalue weighted by Crippen LogP contribution is 2.47. The van der Waals surface area contributed by atoms with E-state index in [1.807, 2.05) is 0 Å². The van der Waals surface area contributed by atoms with E-state index in [2.05, 4.69) is 243 Å². The Balaban J connectivity index is 1.06. The second-order valence-corrected chi connectivity index (χ2v) is 17.2. The molecule has 0 N–H and O–H groups in total. The van der Waals surface area contributed by atoms with Gasteiger partial charge in [-0.05, 0) is 103 Å². The lowest BCUT2D eigenvalue weighted by Crippen LogP contribution is -2.13. The zero-order valence-corrected chi connectivity index (χ0v) is 34.9. The van der Waals surface area contributed by atoms with Crippen LogP contribution in [0.4, 0.5) is 0 Å². The first kappa shape index (κ1) is 35.3. The topological polar surface area (TPSA) is 19.7 Å². The molecule has 4 aromatic heterocycles. The fourth-order valence-corrected chi connectivity index (χ4v) is 11.3. The van der Waals surface area contributed by atoms with Crippen molar-refractivity contribution in [2.24, 2.45) is 0 Å². The minimum absolute atomic E-state index is 0.0254. The van der Waals surface area contributed by atoms with Gasteiger partial charge in [0.1, 0.15) is 0 Å². The Morgan fingerprint density at radius 1 is 0.312 bits per heavy atom. The van der Waals surface area contributed by atoms with Gasteiger partial charge in [0.25, 0.3) is 0 Å². The predicted octanol–water partition coefficient (Wildman–Crippen LogP) is 15.7. The average Bonchev–Trinajstić information content (AvgIpc) is 4.09. The molecule has 0 spiro atoms. The molecule has 0 bridgehead atoms. The molecule has 13 aromatic rings. The highest BCUT2D eigenvalue weighted by atomic mass is 15.1. The monoisotopic (exact) mass is 816 g/mol. The summed E-state index contributed by atoms with van der Waals surface area (Å²) in [5, 5.41) is 10.2. The van der Waals surface area contributed by atoms with Crippen molar-refractivity contribution in [3.05, 3.63) is 230 Å². The van der Waals surface area contributed by atoms with Gasteiger partial charge >= 0.3 is 0 Å². The van der Waals surface area contributed by atoms with Crippen molar-refractivity contribution in [2.45, 2.75) is 12.5 Å². The van der Waals surface area contributed by atoms with Crippen molar-refractivity contribution in [3.8, 4) is 11.4 Å². The summed E-state index contributed by atoms with van der Waals surface area (Å²) in [5.74, 6) is 0. The molecule has 9 aromatic carbocycles. The van der Waals surface area contributed by atoms with Gasteiger partial charge in [0.2, 0.25) is 0 Å². The van der Waals surface area contributed by atoms with Gasteiger partial charge in [0.05, 0.1) is 44.7 Å². The van der Waals surface area contributed by atoms with E-state index in [0.29, 0.717) is 0 Å². The number of benzene rings is 9. The largest absolute Gasteiger partial charge is 0.333 e. The zero-order chi connectivity index (χ0) is 41.9. The number of fused-ring (bicyclic) bond motifs is 14. The Hall–Kier alpha value is -8.34. The average molecular weight is 817 g/mol. The van der Waals surface area contributed by atoms with Crippen LogP contribution in [0.15, 0.2) is 224 Å². The highest BCUT2D eigenvalue weighted by Gasteiger charge is 2.28. The molecule has 0 fully saturated rings. The summed E-state index contributed by atoms with van der Waals surface area (Å²) in [6.07, 6.45) is 5.85. The number of para-hydroxylation sites is 6. The summed E-state index contributed by atoms with van der Waals surface area (Å²) in [7, 11) is 0. The van der Waals surface area contributed by atoms with Crippen molar-refractivity contribution in [3.63, 3.8) is 0 Å². The van der Waals surface area contributed by atoms with Crippen LogP contribution in [0, 0.1) is 0 Å². The van der Waals surface area contributed by atoms with Crippen molar-refractivity contribution >= 4 is 98.5 Å². The van der Waals surface area contributed by atoms with Gasteiger partial charge < -0.3 is 18.3 Å². The number of aromatic nitrogens is 4. The summed E-state index contributed by atoms with van der Waals surface area (Å²) in [6, 6.07) is 77.9. The Kier molecular flexibility index (Phi) is 7.48. The molecule has 1 unspecified atom stereocenters. The van der Waals surface area contributed by atoms with E-state index >= 15 is 0 Å². The maximum atomic E-state index is 2.63. The molecular formula is C60H40N4. The third kappa shape index (κ3) is 4.93. The van der Waals surface area contributed by atoms with Crippen molar-refractivity contribution in [1.82, 2.24) is 18.3 Å². The second-order valence-electron chi connectivity index (χ2n) is 17.2. The molecular weight excluding hydrogens is 777 g/mol. The molecule has 0 saturated carbocycles. The van der Waals surface area contributed by atoms with Crippen LogP contribution >= 0.6 is 0 Å². The third-order valence-corrected chi connectivity index (χ3v) is 13.9. The van der Waals surface area contributed by atoms with Crippen LogP contribution in [-0.2, 0) is 0 Å². The van der Waals surface area contributed by atoms with Gasteiger partial charge in [-0.15, -0.1) is 0 Å². The molecule has 0 radical (unpaired) electrons. The maximum Gasteiger partial charge on any atom is 0.0586 e. The highest BCUT2D eigenvalue weighted by molar-refractivity contribution is 6.30. The first-order valence-corrected chi connectivity index (χ1v) is 22.3. The second kappa shape index (κ2) is 13.6. The zero-order valence-electron chi connectivity index (χ0n) is 34.9. The number of allylic oxidation sites excluding steroid dienone is 4. The van der Waals surface area contributed by atoms with Crippen LogP contribution in [0.25, 0.3) is 110 Å². The van der Waals surface area contributed by atoms with E-state index in [-0.39, 0.29) is 6.04 Å². The summed E-state index contributed by atoms with van der Waals surface area (Å²) < 4.78 is 10.0. The van der Waals surface area contributed by atoms with Crippen molar-refractivity contribution < 1.29 is 0 Å². The maximum absolute atomic E-state index is 2.63. The molecule has 4 heteroatoms. The molecule has 64 heavy (non-hydrogen) atoms. The van der Waals surface area contributed by atoms with E-state index in [4.69, 9.17) is 0 Å². The van der Waals surface area contributed by atoms with Crippen LogP contribution in [0.2, 0.25) is 0 Å². The molecule has 1 aliphatic rings. The molecule has 14 rings (SSSR count). The van der Waals surface area contributed by atoms with Crippen LogP contribution in [0.1, 0.15) is 18.0 Å². The summed E-state index contributed by atoms with van der Waals surface area (Å²) >= 11 is 0. The molecule has 0 saturated heterocycles. The Labute approximate surface area is 369 Å². The van der Waals surface area contributed by atoms with Crippen LogP contribution in [0.5, 0.6) is 0 Å².